The normalized spacial score (nSPS) is 9.42. The maximum absolute atomic E-state index is 7.22. The predicted octanol–water partition coefficient (Wildman–Crippen LogP) is 0.192. The van der Waals surface area contributed by atoms with Gasteiger partial charge in [0.2, 0.25) is 0 Å². The minimum Gasteiger partial charge on any atom is -0.384 e. The Morgan fingerprint density at radius 2 is 2.50 bits per heavy atom. The first kappa shape index (κ1) is 8.45. The minimum absolute atomic E-state index is 0.000787. The molecule has 1 aromatic rings. The van der Waals surface area contributed by atoms with E-state index in [0.717, 1.165) is 6.54 Å². The quantitative estimate of drug-likeness (QED) is 0.440. The summed E-state index contributed by atoms with van der Waals surface area (Å²) in [5.41, 5.74) is 5.91. The molecule has 0 aliphatic rings. The Kier molecular flexibility index (Phi) is 2.57. The summed E-state index contributed by atoms with van der Waals surface area (Å²) in [4.78, 5) is 0. The van der Waals surface area contributed by atoms with Crippen molar-refractivity contribution in [3.05, 3.63) is 17.8 Å². The maximum Gasteiger partial charge on any atom is 0.159 e. The largest absolute Gasteiger partial charge is 0.384 e. The van der Waals surface area contributed by atoms with E-state index in [0.29, 0.717) is 11.4 Å². The Hall–Kier alpha value is -1.65. The summed E-state index contributed by atoms with van der Waals surface area (Å²) in [5, 5.41) is 17.7. The molecule has 64 valence electrons. The van der Waals surface area contributed by atoms with Crippen LogP contribution in [-0.2, 0) is 0 Å². The van der Waals surface area contributed by atoms with E-state index in [4.69, 9.17) is 11.1 Å². The molecule has 0 saturated carbocycles. The fourth-order valence-corrected chi connectivity index (χ4v) is 0.847. The minimum atomic E-state index is 0.000787. The number of rotatable bonds is 3. The molecular formula is C7H11N5. The lowest BCUT2D eigenvalue weighted by Crippen LogP contribution is -2.15. The van der Waals surface area contributed by atoms with E-state index in [-0.39, 0.29) is 5.84 Å². The molecule has 0 atom stereocenters. The monoisotopic (exact) mass is 165 g/mol. The summed E-state index contributed by atoms with van der Waals surface area (Å²) in [6, 6.07) is 1.66. The van der Waals surface area contributed by atoms with Crippen LogP contribution < -0.4 is 11.1 Å². The van der Waals surface area contributed by atoms with Gasteiger partial charge in [-0.25, -0.2) is 0 Å². The third-order valence-corrected chi connectivity index (χ3v) is 1.36. The fraction of sp³-hybridized carbons (Fsp3) is 0.286. The average molecular weight is 165 g/mol. The first-order valence-corrected chi connectivity index (χ1v) is 3.65. The van der Waals surface area contributed by atoms with Gasteiger partial charge in [-0.05, 0) is 13.0 Å². The highest BCUT2D eigenvalue weighted by atomic mass is 15.2. The van der Waals surface area contributed by atoms with Crippen LogP contribution in [0, 0.1) is 5.41 Å². The van der Waals surface area contributed by atoms with Crippen LogP contribution in [0.3, 0.4) is 0 Å². The number of nitrogens with zero attached hydrogens (tertiary/aromatic N) is 2. The molecule has 5 heteroatoms. The van der Waals surface area contributed by atoms with Gasteiger partial charge in [0.1, 0.15) is 5.84 Å². The van der Waals surface area contributed by atoms with E-state index < -0.39 is 0 Å². The smallest absolute Gasteiger partial charge is 0.159 e. The maximum atomic E-state index is 7.22. The zero-order valence-electron chi connectivity index (χ0n) is 6.83. The molecule has 0 radical (unpaired) electrons. The summed E-state index contributed by atoms with van der Waals surface area (Å²) in [5.74, 6) is 0.563. The van der Waals surface area contributed by atoms with Gasteiger partial charge in [-0.2, -0.15) is 5.10 Å². The number of nitrogens with two attached hydrogens (primary N) is 1. The van der Waals surface area contributed by atoms with Crippen LogP contribution in [-0.4, -0.2) is 22.6 Å². The average Bonchev–Trinajstić information content (AvgIpc) is 2.05. The molecule has 0 unspecified atom stereocenters. The van der Waals surface area contributed by atoms with Gasteiger partial charge in [-0.1, -0.05) is 0 Å². The number of amidine groups is 1. The molecule has 0 aromatic carbocycles. The van der Waals surface area contributed by atoms with E-state index in [1.54, 1.807) is 6.07 Å². The van der Waals surface area contributed by atoms with Crippen LogP contribution in [0.2, 0.25) is 0 Å². The summed E-state index contributed by atoms with van der Waals surface area (Å²) in [6.45, 7) is 2.68. The van der Waals surface area contributed by atoms with Crippen molar-refractivity contribution in [1.82, 2.24) is 10.2 Å². The van der Waals surface area contributed by atoms with Gasteiger partial charge >= 0.3 is 0 Å². The lowest BCUT2D eigenvalue weighted by Gasteiger charge is -2.05. The number of hydrogen-bond donors (Lipinski definition) is 3. The second-order valence-electron chi connectivity index (χ2n) is 2.24. The van der Waals surface area contributed by atoms with Crippen molar-refractivity contribution in [1.29, 1.82) is 5.41 Å². The third kappa shape index (κ3) is 1.69. The summed E-state index contributed by atoms with van der Waals surface area (Å²) in [6.07, 6.45) is 1.51. The standard InChI is InChI=1S/C7H11N5/c1-2-10-7-5(6(8)9)3-4-11-12-7/h3-4H,2H2,1H3,(H3,8,9)(H,10,12). The Balaban J connectivity index is 3.00. The van der Waals surface area contributed by atoms with E-state index in [2.05, 4.69) is 15.5 Å². The van der Waals surface area contributed by atoms with Gasteiger partial charge < -0.3 is 11.1 Å². The molecule has 4 N–H and O–H groups in total. The highest BCUT2D eigenvalue weighted by Gasteiger charge is 2.04. The van der Waals surface area contributed by atoms with Crippen molar-refractivity contribution >= 4 is 11.7 Å². The molecule has 0 spiro atoms. The summed E-state index contributed by atoms with van der Waals surface area (Å²) >= 11 is 0. The number of hydrogen-bond acceptors (Lipinski definition) is 4. The first-order chi connectivity index (χ1) is 5.75. The molecular weight excluding hydrogens is 154 g/mol. The van der Waals surface area contributed by atoms with Gasteiger partial charge in [0.25, 0.3) is 0 Å². The van der Waals surface area contributed by atoms with Gasteiger partial charge in [-0.3, -0.25) is 5.41 Å². The summed E-state index contributed by atoms with van der Waals surface area (Å²) in [7, 11) is 0. The molecule has 1 aromatic heterocycles. The van der Waals surface area contributed by atoms with Gasteiger partial charge in [0.05, 0.1) is 11.8 Å². The van der Waals surface area contributed by atoms with Gasteiger partial charge in [-0.15, -0.1) is 5.10 Å². The van der Waals surface area contributed by atoms with E-state index in [1.807, 2.05) is 6.92 Å². The molecule has 1 heterocycles. The zero-order chi connectivity index (χ0) is 8.97. The molecule has 0 aliphatic carbocycles. The second-order valence-corrected chi connectivity index (χ2v) is 2.24. The molecule has 0 saturated heterocycles. The van der Waals surface area contributed by atoms with Crippen molar-refractivity contribution in [3.63, 3.8) is 0 Å². The van der Waals surface area contributed by atoms with Crippen LogP contribution in [0.5, 0.6) is 0 Å². The number of nitrogen functional groups attached to an aromatic ring is 1. The topological polar surface area (TPSA) is 87.7 Å². The Bertz CT molecular complexity index is 283. The highest BCUT2D eigenvalue weighted by molar-refractivity contribution is 5.99. The van der Waals surface area contributed by atoms with E-state index in [9.17, 15) is 0 Å². The van der Waals surface area contributed by atoms with E-state index >= 15 is 0 Å². The Morgan fingerprint density at radius 3 is 3.08 bits per heavy atom. The van der Waals surface area contributed by atoms with Crippen molar-refractivity contribution in [2.45, 2.75) is 6.92 Å². The zero-order valence-corrected chi connectivity index (χ0v) is 6.83. The molecule has 12 heavy (non-hydrogen) atoms. The molecule has 0 bridgehead atoms. The third-order valence-electron chi connectivity index (χ3n) is 1.36. The fourth-order valence-electron chi connectivity index (χ4n) is 0.847. The van der Waals surface area contributed by atoms with Crippen molar-refractivity contribution in [2.75, 3.05) is 11.9 Å². The van der Waals surface area contributed by atoms with Crippen LogP contribution in [0.25, 0.3) is 0 Å². The molecule has 1 rings (SSSR count). The van der Waals surface area contributed by atoms with Crippen molar-refractivity contribution in [3.8, 4) is 0 Å². The number of nitrogens with one attached hydrogen (secondary N) is 2. The van der Waals surface area contributed by atoms with Crippen LogP contribution in [0.1, 0.15) is 12.5 Å². The number of anilines is 1. The lowest BCUT2D eigenvalue weighted by atomic mass is 10.2. The van der Waals surface area contributed by atoms with Gasteiger partial charge in [0.15, 0.2) is 5.82 Å². The molecule has 0 amide bonds. The van der Waals surface area contributed by atoms with Crippen LogP contribution >= 0.6 is 0 Å². The predicted molar refractivity (Wildman–Crippen MR) is 47.2 cm³/mol. The molecule has 0 aliphatic heterocycles. The lowest BCUT2D eigenvalue weighted by molar-refractivity contribution is 1.01. The molecule has 0 fully saturated rings. The first-order valence-electron chi connectivity index (χ1n) is 3.65. The molecule has 5 nitrogen and oxygen atoms in total. The van der Waals surface area contributed by atoms with E-state index in [1.165, 1.54) is 6.20 Å². The summed E-state index contributed by atoms with van der Waals surface area (Å²) < 4.78 is 0. The number of aromatic nitrogens is 2. The highest BCUT2D eigenvalue weighted by Crippen LogP contribution is 2.07. The Morgan fingerprint density at radius 1 is 1.75 bits per heavy atom. The SMILES string of the molecule is CCNc1nnccc1C(=N)N. The van der Waals surface area contributed by atoms with Crippen LogP contribution in [0.15, 0.2) is 12.3 Å². The Labute approximate surface area is 70.5 Å². The van der Waals surface area contributed by atoms with Crippen LogP contribution in [0.4, 0.5) is 5.82 Å². The van der Waals surface area contributed by atoms with Gasteiger partial charge in [0, 0.05) is 6.54 Å². The van der Waals surface area contributed by atoms with Crippen molar-refractivity contribution < 1.29 is 0 Å². The van der Waals surface area contributed by atoms with Crippen molar-refractivity contribution in [2.24, 2.45) is 5.73 Å². The second kappa shape index (κ2) is 3.66.